The Bertz CT molecular complexity index is 535. The lowest BCUT2D eigenvalue weighted by Crippen LogP contribution is -2.10. The number of hydrogen-bond donors (Lipinski definition) is 1. The molecule has 0 aliphatic carbocycles. The summed E-state index contributed by atoms with van der Waals surface area (Å²) in [6.07, 6.45) is 0.965. The molecule has 20 heavy (non-hydrogen) atoms. The molecule has 106 valence electrons. The molecule has 0 saturated carbocycles. The van der Waals surface area contributed by atoms with E-state index in [1.807, 2.05) is 31.3 Å². The summed E-state index contributed by atoms with van der Waals surface area (Å²) in [5.74, 6) is -1.08. The zero-order valence-corrected chi connectivity index (χ0v) is 11.3. The maximum absolute atomic E-state index is 13.0. The van der Waals surface area contributed by atoms with E-state index >= 15 is 0 Å². The molecule has 0 aromatic heterocycles. The molecule has 2 aromatic carbocycles. The van der Waals surface area contributed by atoms with E-state index in [2.05, 4.69) is 5.32 Å². The third-order valence-corrected chi connectivity index (χ3v) is 2.93. The van der Waals surface area contributed by atoms with Gasteiger partial charge in [-0.3, -0.25) is 0 Å². The number of rotatable bonds is 6. The van der Waals surface area contributed by atoms with Crippen LogP contribution in [-0.2, 0) is 13.0 Å². The van der Waals surface area contributed by atoms with Crippen molar-refractivity contribution in [3.05, 3.63) is 65.2 Å². The number of halogens is 2. The summed E-state index contributed by atoms with van der Waals surface area (Å²) >= 11 is 0. The van der Waals surface area contributed by atoms with Gasteiger partial charge < -0.3 is 10.1 Å². The van der Waals surface area contributed by atoms with Gasteiger partial charge in [0, 0.05) is 18.2 Å². The van der Waals surface area contributed by atoms with Crippen LogP contribution in [0.15, 0.2) is 42.5 Å². The number of hydrogen-bond acceptors (Lipinski definition) is 2. The van der Waals surface area contributed by atoms with Crippen LogP contribution in [-0.4, -0.2) is 13.6 Å². The van der Waals surface area contributed by atoms with E-state index in [9.17, 15) is 8.78 Å². The highest BCUT2D eigenvalue weighted by Gasteiger charge is 2.02. The van der Waals surface area contributed by atoms with Gasteiger partial charge in [-0.25, -0.2) is 8.78 Å². The maximum atomic E-state index is 13.0. The molecule has 2 nitrogen and oxygen atoms in total. The molecule has 0 radical (unpaired) electrons. The van der Waals surface area contributed by atoms with E-state index in [1.54, 1.807) is 0 Å². The molecule has 0 unspecified atom stereocenters. The topological polar surface area (TPSA) is 21.3 Å². The summed E-state index contributed by atoms with van der Waals surface area (Å²) in [6.45, 7) is 1.22. The molecule has 4 heteroatoms. The smallest absolute Gasteiger partial charge is 0.129 e. The molecule has 0 aliphatic heterocycles. The number of likely N-dealkylation sites (N-methyl/N-ethyl adjacent to an activating group) is 1. The van der Waals surface area contributed by atoms with Crippen molar-refractivity contribution in [2.45, 2.75) is 13.0 Å². The lowest BCUT2D eigenvalue weighted by molar-refractivity contribution is 0.302. The van der Waals surface area contributed by atoms with E-state index in [1.165, 1.54) is 17.7 Å². The number of benzene rings is 2. The Morgan fingerprint density at radius 3 is 2.15 bits per heavy atom. The SMILES string of the molecule is CNCCc1ccc(COc2cc(F)cc(F)c2)cc1. The van der Waals surface area contributed by atoms with Crippen LogP contribution < -0.4 is 10.1 Å². The molecule has 0 atom stereocenters. The van der Waals surface area contributed by atoms with Crippen LogP contribution >= 0.6 is 0 Å². The Balaban J connectivity index is 1.93. The number of ether oxygens (including phenoxy) is 1. The van der Waals surface area contributed by atoms with E-state index in [0.717, 1.165) is 24.6 Å². The fourth-order valence-electron chi connectivity index (χ4n) is 1.85. The summed E-state index contributed by atoms with van der Waals surface area (Å²) in [6, 6.07) is 11.1. The Hall–Kier alpha value is -1.94. The Morgan fingerprint density at radius 1 is 0.950 bits per heavy atom. The molecule has 0 fully saturated rings. The van der Waals surface area contributed by atoms with E-state index < -0.39 is 11.6 Å². The van der Waals surface area contributed by atoms with Crippen molar-refractivity contribution in [1.82, 2.24) is 5.32 Å². The van der Waals surface area contributed by atoms with Gasteiger partial charge in [0.05, 0.1) is 0 Å². The minimum Gasteiger partial charge on any atom is -0.489 e. The third kappa shape index (κ3) is 4.31. The normalized spacial score (nSPS) is 10.6. The quantitative estimate of drug-likeness (QED) is 0.874. The molecule has 0 saturated heterocycles. The fraction of sp³-hybridized carbons (Fsp3) is 0.250. The maximum Gasteiger partial charge on any atom is 0.129 e. The summed E-state index contributed by atoms with van der Waals surface area (Å²) in [5.41, 5.74) is 2.20. The van der Waals surface area contributed by atoms with Gasteiger partial charge in [0.1, 0.15) is 24.0 Å². The van der Waals surface area contributed by atoms with Crippen LogP contribution in [0.5, 0.6) is 5.75 Å². The van der Waals surface area contributed by atoms with Crippen molar-refractivity contribution in [3.63, 3.8) is 0 Å². The Morgan fingerprint density at radius 2 is 1.55 bits per heavy atom. The van der Waals surface area contributed by atoms with Crippen LogP contribution in [0.25, 0.3) is 0 Å². The second kappa shape index (κ2) is 7.01. The lowest BCUT2D eigenvalue weighted by Gasteiger charge is -2.07. The van der Waals surface area contributed by atoms with Crippen molar-refractivity contribution in [2.75, 3.05) is 13.6 Å². The van der Waals surface area contributed by atoms with Gasteiger partial charge in [0.2, 0.25) is 0 Å². The summed E-state index contributed by atoms with van der Waals surface area (Å²) in [7, 11) is 1.92. The van der Waals surface area contributed by atoms with Crippen LogP contribution in [0.2, 0.25) is 0 Å². The second-order valence-corrected chi connectivity index (χ2v) is 4.56. The van der Waals surface area contributed by atoms with Crippen LogP contribution in [0.1, 0.15) is 11.1 Å². The summed E-state index contributed by atoms with van der Waals surface area (Å²) in [4.78, 5) is 0. The van der Waals surface area contributed by atoms with Gasteiger partial charge >= 0.3 is 0 Å². The first-order valence-corrected chi connectivity index (χ1v) is 6.48. The van der Waals surface area contributed by atoms with Crippen molar-refractivity contribution in [2.24, 2.45) is 0 Å². The van der Waals surface area contributed by atoms with Gasteiger partial charge in [0.25, 0.3) is 0 Å². The molecule has 1 N–H and O–H groups in total. The molecule has 0 bridgehead atoms. The highest BCUT2D eigenvalue weighted by Crippen LogP contribution is 2.17. The van der Waals surface area contributed by atoms with E-state index in [4.69, 9.17) is 4.74 Å². The first-order chi connectivity index (χ1) is 9.67. The molecule has 2 aromatic rings. The van der Waals surface area contributed by atoms with Gasteiger partial charge in [-0.05, 0) is 31.1 Å². The van der Waals surface area contributed by atoms with Crippen LogP contribution in [0, 0.1) is 11.6 Å². The monoisotopic (exact) mass is 277 g/mol. The van der Waals surface area contributed by atoms with Crippen molar-refractivity contribution < 1.29 is 13.5 Å². The summed E-state index contributed by atoms with van der Waals surface area (Å²) in [5, 5.41) is 3.09. The minimum atomic E-state index is -0.637. The molecule has 0 amide bonds. The molecule has 0 aliphatic rings. The van der Waals surface area contributed by atoms with Crippen LogP contribution in [0.4, 0.5) is 8.78 Å². The average Bonchev–Trinajstić information content (AvgIpc) is 2.43. The van der Waals surface area contributed by atoms with Crippen molar-refractivity contribution in [1.29, 1.82) is 0 Å². The Labute approximate surface area is 117 Å². The molecule has 0 heterocycles. The first kappa shape index (κ1) is 14.5. The van der Waals surface area contributed by atoms with E-state index in [0.29, 0.717) is 0 Å². The van der Waals surface area contributed by atoms with Gasteiger partial charge in [-0.1, -0.05) is 24.3 Å². The third-order valence-electron chi connectivity index (χ3n) is 2.93. The molecular formula is C16H17F2NO. The van der Waals surface area contributed by atoms with Crippen LogP contribution in [0.3, 0.4) is 0 Å². The average molecular weight is 277 g/mol. The van der Waals surface area contributed by atoms with E-state index in [-0.39, 0.29) is 12.4 Å². The molecule has 2 rings (SSSR count). The standard InChI is InChI=1S/C16H17F2NO/c1-19-7-6-12-2-4-13(5-3-12)11-20-16-9-14(17)8-15(18)10-16/h2-5,8-10,19H,6-7,11H2,1H3. The largest absolute Gasteiger partial charge is 0.489 e. The first-order valence-electron chi connectivity index (χ1n) is 6.48. The molecule has 0 spiro atoms. The van der Waals surface area contributed by atoms with Gasteiger partial charge in [-0.15, -0.1) is 0 Å². The predicted octanol–water partition coefficient (Wildman–Crippen LogP) is 3.31. The van der Waals surface area contributed by atoms with Gasteiger partial charge in [-0.2, -0.15) is 0 Å². The highest BCUT2D eigenvalue weighted by atomic mass is 19.1. The van der Waals surface area contributed by atoms with Crippen molar-refractivity contribution in [3.8, 4) is 5.75 Å². The minimum absolute atomic E-state index is 0.196. The number of nitrogens with one attached hydrogen (secondary N) is 1. The summed E-state index contributed by atoms with van der Waals surface area (Å²) < 4.78 is 31.4. The Kier molecular flexibility index (Phi) is 5.07. The zero-order valence-electron chi connectivity index (χ0n) is 11.3. The second-order valence-electron chi connectivity index (χ2n) is 4.56. The predicted molar refractivity (Wildman–Crippen MR) is 74.8 cm³/mol. The zero-order chi connectivity index (χ0) is 14.4. The molecular weight excluding hydrogens is 260 g/mol. The fourth-order valence-corrected chi connectivity index (χ4v) is 1.85. The van der Waals surface area contributed by atoms with Gasteiger partial charge in [0.15, 0.2) is 0 Å². The highest BCUT2D eigenvalue weighted by molar-refractivity contribution is 5.26. The lowest BCUT2D eigenvalue weighted by atomic mass is 10.1. The van der Waals surface area contributed by atoms with Crippen molar-refractivity contribution >= 4 is 0 Å².